The Hall–Kier alpha value is -0.720. The van der Waals surface area contributed by atoms with Gasteiger partial charge in [0, 0.05) is 19.3 Å². The van der Waals surface area contributed by atoms with Gasteiger partial charge in [-0.2, -0.15) is 0 Å². The highest BCUT2D eigenvalue weighted by Gasteiger charge is 2.22. The smallest absolute Gasteiger partial charge is 0.157 e. The van der Waals surface area contributed by atoms with E-state index < -0.39 is 0 Å². The predicted molar refractivity (Wildman–Crippen MR) is 247 cm³/mol. The van der Waals surface area contributed by atoms with Gasteiger partial charge in [-0.3, -0.25) is 0 Å². The molecule has 0 aromatic rings. The maximum Gasteiger partial charge on any atom is 0.157 e. The molecule has 0 spiro atoms. The van der Waals surface area contributed by atoms with Crippen molar-refractivity contribution in [2.75, 3.05) is 27.3 Å². The number of ether oxygens (including phenoxy) is 4. The summed E-state index contributed by atoms with van der Waals surface area (Å²) >= 11 is 0. The molecule has 1 radical (unpaired) electrons. The van der Waals surface area contributed by atoms with Gasteiger partial charge in [0.05, 0.1) is 12.2 Å². The van der Waals surface area contributed by atoms with Crippen molar-refractivity contribution in [2.45, 2.75) is 269 Å². The van der Waals surface area contributed by atoms with Gasteiger partial charge in [-0.1, -0.05) is 161 Å². The summed E-state index contributed by atoms with van der Waals surface area (Å²) in [6.07, 6.45) is 54.8. The normalized spacial score (nSPS) is 20.2. The first-order chi connectivity index (χ1) is 28.1. The summed E-state index contributed by atoms with van der Waals surface area (Å²) in [6.45, 7) is 10.7. The Kier molecular flexibility index (Phi) is 35.1. The van der Waals surface area contributed by atoms with Crippen LogP contribution in [-0.4, -0.2) is 63.0 Å². The predicted octanol–water partition coefficient (Wildman–Crippen LogP) is 15.7. The van der Waals surface area contributed by atoms with Crippen LogP contribution in [0.25, 0.3) is 0 Å². The Morgan fingerprint density at radius 2 is 0.930 bits per heavy atom. The first kappa shape index (κ1) is 52.4. The fraction of sp³-hybridized carbons (Fsp3) is 0.904. The van der Waals surface area contributed by atoms with Crippen molar-refractivity contribution >= 4 is 0 Å². The topological polar surface area (TPSA) is 40.2 Å². The second-order valence-corrected chi connectivity index (χ2v) is 18.2. The molecule has 0 aliphatic carbocycles. The summed E-state index contributed by atoms with van der Waals surface area (Å²) in [6, 6.07) is 0.622. The highest BCUT2D eigenvalue weighted by atomic mass is 16.7. The van der Waals surface area contributed by atoms with Crippen LogP contribution in [0.15, 0.2) is 24.3 Å². The van der Waals surface area contributed by atoms with Crippen LogP contribution in [0, 0.1) is 12.8 Å². The van der Waals surface area contributed by atoms with Crippen LogP contribution in [0.4, 0.5) is 0 Å². The van der Waals surface area contributed by atoms with Crippen LogP contribution in [0.2, 0.25) is 0 Å². The largest absolute Gasteiger partial charge is 0.353 e. The van der Waals surface area contributed by atoms with E-state index in [1.807, 2.05) is 0 Å². The summed E-state index contributed by atoms with van der Waals surface area (Å²) in [4.78, 5) is 2.45. The molecule has 2 aliphatic rings. The van der Waals surface area contributed by atoms with Gasteiger partial charge in [0.2, 0.25) is 0 Å². The molecule has 3 unspecified atom stereocenters. The number of allylic oxidation sites excluding steroid dienone is 2. The van der Waals surface area contributed by atoms with Crippen LogP contribution in [0.3, 0.4) is 0 Å². The van der Waals surface area contributed by atoms with Crippen molar-refractivity contribution in [3.8, 4) is 0 Å². The molecule has 5 heteroatoms. The molecule has 335 valence electrons. The van der Waals surface area contributed by atoms with E-state index in [1.165, 1.54) is 193 Å². The third-order valence-electron chi connectivity index (χ3n) is 12.7. The number of nitrogens with zero attached hydrogens (tertiary/aromatic N) is 1. The van der Waals surface area contributed by atoms with Crippen molar-refractivity contribution < 1.29 is 18.9 Å². The molecule has 5 nitrogen and oxygen atoms in total. The first-order valence-electron chi connectivity index (χ1n) is 25.4. The lowest BCUT2D eigenvalue weighted by atomic mass is 9.86. The van der Waals surface area contributed by atoms with E-state index in [1.54, 1.807) is 0 Å². The van der Waals surface area contributed by atoms with E-state index >= 15 is 0 Å². The average Bonchev–Trinajstić information content (AvgIpc) is 3.22. The zero-order chi connectivity index (χ0) is 40.9. The quantitative estimate of drug-likeness (QED) is 0.0457. The lowest BCUT2D eigenvalue weighted by Gasteiger charge is -2.32. The lowest BCUT2D eigenvalue weighted by molar-refractivity contribution is -0.189. The van der Waals surface area contributed by atoms with E-state index in [0.717, 1.165) is 51.2 Å². The molecule has 0 bridgehead atoms. The Balaban J connectivity index is 1.53. The Morgan fingerprint density at radius 3 is 1.32 bits per heavy atom. The van der Waals surface area contributed by atoms with Gasteiger partial charge in [0.25, 0.3) is 0 Å². The van der Waals surface area contributed by atoms with Crippen LogP contribution in [0.1, 0.15) is 239 Å². The number of unbranched alkanes of at least 4 members (excludes halogenated alkanes) is 18. The Bertz CT molecular complexity index is 831. The molecule has 5 atom stereocenters. The molecule has 2 saturated heterocycles. The first-order valence-corrected chi connectivity index (χ1v) is 25.4. The van der Waals surface area contributed by atoms with E-state index in [4.69, 9.17) is 18.9 Å². The maximum atomic E-state index is 6.41. The number of hydrogen-bond donors (Lipinski definition) is 0. The van der Waals surface area contributed by atoms with Crippen molar-refractivity contribution in [1.29, 1.82) is 0 Å². The summed E-state index contributed by atoms with van der Waals surface area (Å²) in [5.41, 5.74) is 0. The molecular formula is C52H98NO4. The second kappa shape index (κ2) is 38.2. The molecule has 57 heavy (non-hydrogen) atoms. The van der Waals surface area contributed by atoms with Gasteiger partial charge in [0.1, 0.15) is 0 Å². The molecule has 2 heterocycles. The molecular weight excluding hydrogens is 703 g/mol. The monoisotopic (exact) mass is 801 g/mol. The summed E-state index contributed by atoms with van der Waals surface area (Å²) in [5, 5.41) is 0. The minimum Gasteiger partial charge on any atom is -0.353 e. The van der Waals surface area contributed by atoms with Crippen LogP contribution in [0.5, 0.6) is 0 Å². The molecule has 2 aliphatic heterocycles. The zero-order valence-electron chi connectivity index (χ0n) is 38.7. The Morgan fingerprint density at radius 1 is 0.526 bits per heavy atom. The Labute approximate surface area is 356 Å². The number of hydrogen-bond acceptors (Lipinski definition) is 5. The molecule has 0 N–H and O–H groups in total. The molecule has 0 aromatic heterocycles. The minimum atomic E-state index is 0.0295. The highest BCUT2D eigenvalue weighted by molar-refractivity contribution is 4.86. The molecule has 0 aromatic carbocycles. The third-order valence-corrected chi connectivity index (χ3v) is 12.7. The average molecular weight is 801 g/mol. The van der Waals surface area contributed by atoms with Gasteiger partial charge >= 0.3 is 0 Å². The third kappa shape index (κ3) is 29.2. The fourth-order valence-electron chi connectivity index (χ4n) is 9.07. The SMILES string of the molecule is [CH2]CC(C(CCCCCCCC/C=C\C[C@@H](CCCCCC)OC1CCCCO1)CCCCCCCC/C=C\C[C@@H](CCCCCC)OC1CCCCO1)N(C)C. The standard InChI is InChI=1S/C52H98NO4/c1-6-9-11-29-39-48(56-51-43-33-35-45-54-51)41-31-25-21-17-13-15-19-23-27-37-47(50(8-3)53(4)5)38-28-24-20-16-14-18-22-26-32-42-49(40-30-12-10-7-2)57-52-44-34-36-46-55-52/h25-26,31-32,47-52H,3,6-24,27-30,33-46H2,1-2,4-5H3/b31-25-,32-26-/t47?,48-,49-,50?,51?,52?/m1/s1. The van der Waals surface area contributed by atoms with Crippen molar-refractivity contribution in [3.63, 3.8) is 0 Å². The summed E-state index contributed by atoms with van der Waals surface area (Å²) in [5.74, 6) is 0.793. The van der Waals surface area contributed by atoms with E-state index in [9.17, 15) is 0 Å². The van der Waals surface area contributed by atoms with E-state index in [0.29, 0.717) is 18.2 Å². The zero-order valence-corrected chi connectivity index (χ0v) is 38.7. The van der Waals surface area contributed by atoms with Crippen LogP contribution < -0.4 is 0 Å². The lowest BCUT2D eigenvalue weighted by Crippen LogP contribution is -2.35. The minimum absolute atomic E-state index is 0.0295. The second-order valence-electron chi connectivity index (χ2n) is 18.2. The van der Waals surface area contributed by atoms with Gasteiger partial charge in [-0.05, 0) is 129 Å². The van der Waals surface area contributed by atoms with Crippen LogP contribution >= 0.6 is 0 Å². The fourth-order valence-corrected chi connectivity index (χ4v) is 9.07. The van der Waals surface area contributed by atoms with Crippen LogP contribution in [-0.2, 0) is 18.9 Å². The summed E-state index contributed by atoms with van der Waals surface area (Å²) in [7, 11) is 4.54. The summed E-state index contributed by atoms with van der Waals surface area (Å²) < 4.78 is 24.6. The molecule has 0 amide bonds. The van der Waals surface area contributed by atoms with E-state index in [-0.39, 0.29) is 12.6 Å². The van der Waals surface area contributed by atoms with Gasteiger partial charge < -0.3 is 23.8 Å². The molecule has 2 rings (SSSR count). The van der Waals surface area contributed by atoms with E-state index in [2.05, 4.69) is 64.1 Å². The molecule has 0 saturated carbocycles. The van der Waals surface area contributed by atoms with Crippen molar-refractivity contribution in [1.82, 2.24) is 4.90 Å². The highest BCUT2D eigenvalue weighted by Crippen LogP contribution is 2.27. The van der Waals surface area contributed by atoms with Crippen molar-refractivity contribution in [3.05, 3.63) is 31.2 Å². The number of rotatable bonds is 39. The van der Waals surface area contributed by atoms with Gasteiger partial charge in [-0.15, -0.1) is 0 Å². The van der Waals surface area contributed by atoms with Crippen molar-refractivity contribution in [2.24, 2.45) is 5.92 Å². The van der Waals surface area contributed by atoms with Gasteiger partial charge in [0.15, 0.2) is 12.6 Å². The van der Waals surface area contributed by atoms with Gasteiger partial charge in [-0.25, -0.2) is 0 Å². The molecule has 2 fully saturated rings. The maximum absolute atomic E-state index is 6.41.